The number of hydrogen-bond acceptors (Lipinski definition) is 3. The van der Waals surface area contributed by atoms with Gasteiger partial charge in [0.15, 0.2) is 0 Å². The van der Waals surface area contributed by atoms with E-state index in [1.54, 1.807) is 24.3 Å². The molecule has 94 valence electrons. The number of halogens is 1. The van der Waals surface area contributed by atoms with Crippen molar-refractivity contribution in [2.24, 2.45) is 5.14 Å². The molecule has 4 nitrogen and oxygen atoms in total. The Kier molecular flexibility index (Phi) is 3.56. The van der Waals surface area contributed by atoms with Crippen molar-refractivity contribution >= 4 is 33.0 Å². The van der Waals surface area contributed by atoms with Gasteiger partial charge in [-0.25, -0.2) is 13.6 Å². The summed E-state index contributed by atoms with van der Waals surface area (Å²) in [4.78, 5) is 0.0872. The number of benzene rings is 2. The lowest BCUT2D eigenvalue weighted by Crippen LogP contribution is -2.11. The second-order valence-electron chi connectivity index (χ2n) is 3.70. The van der Waals surface area contributed by atoms with Gasteiger partial charge in [-0.15, -0.1) is 0 Å². The second kappa shape index (κ2) is 4.97. The molecule has 0 aliphatic rings. The molecule has 2 rings (SSSR count). The molecule has 0 atom stereocenters. The van der Waals surface area contributed by atoms with Gasteiger partial charge in [0.2, 0.25) is 10.0 Å². The fourth-order valence-electron chi connectivity index (χ4n) is 1.43. The molecule has 0 aliphatic carbocycles. The van der Waals surface area contributed by atoms with E-state index < -0.39 is 10.0 Å². The van der Waals surface area contributed by atoms with Gasteiger partial charge >= 0.3 is 0 Å². The Morgan fingerprint density at radius 1 is 0.889 bits per heavy atom. The van der Waals surface area contributed by atoms with Gasteiger partial charge in [0.1, 0.15) is 0 Å². The number of anilines is 2. The molecule has 2 aromatic carbocycles. The second-order valence-corrected chi connectivity index (χ2v) is 5.70. The Labute approximate surface area is 110 Å². The van der Waals surface area contributed by atoms with E-state index in [-0.39, 0.29) is 4.90 Å². The normalized spacial score (nSPS) is 11.2. The molecule has 0 aromatic heterocycles. The molecule has 0 amide bonds. The third-order valence-electron chi connectivity index (χ3n) is 2.32. The van der Waals surface area contributed by atoms with Gasteiger partial charge in [-0.05, 0) is 48.5 Å². The number of rotatable bonds is 3. The molecule has 0 saturated carbocycles. The lowest BCUT2D eigenvalue weighted by Gasteiger charge is -2.07. The van der Waals surface area contributed by atoms with Gasteiger partial charge < -0.3 is 5.32 Å². The van der Waals surface area contributed by atoms with E-state index in [0.717, 1.165) is 11.4 Å². The third kappa shape index (κ3) is 3.22. The standard InChI is InChI=1S/C12H11ClN2O2S/c13-9-1-3-10(4-2-9)15-11-5-7-12(8-6-11)18(14,16)17/h1-8,15H,(H2,14,16,17). The number of nitrogens with one attached hydrogen (secondary N) is 1. The molecule has 0 spiro atoms. The average molecular weight is 283 g/mol. The fourth-order valence-corrected chi connectivity index (χ4v) is 2.07. The van der Waals surface area contributed by atoms with E-state index in [0.29, 0.717) is 5.02 Å². The maximum absolute atomic E-state index is 11.1. The van der Waals surface area contributed by atoms with Crippen molar-refractivity contribution < 1.29 is 8.42 Å². The Hall–Kier alpha value is -1.56. The van der Waals surface area contributed by atoms with Gasteiger partial charge in [0.05, 0.1) is 4.90 Å². The zero-order valence-corrected chi connectivity index (χ0v) is 10.9. The predicted molar refractivity (Wildman–Crippen MR) is 72.5 cm³/mol. The van der Waals surface area contributed by atoms with Crippen molar-refractivity contribution in [3.05, 3.63) is 53.6 Å². The Balaban J connectivity index is 2.18. The largest absolute Gasteiger partial charge is 0.356 e. The summed E-state index contributed by atoms with van der Waals surface area (Å²) in [7, 11) is -3.64. The van der Waals surface area contributed by atoms with Crippen LogP contribution in [0.5, 0.6) is 0 Å². The molecule has 0 unspecified atom stereocenters. The first kappa shape index (κ1) is 12.9. The van der Waals surface area contributed by atoms with Crippen LogP contribution in [0.1, 0.15) is 0 Å². The van der Waals surface area contributed by atoms with E-state index >= 15 is 0 Å². The third-order valence-corrected chi connectivity index (χ3v) is 3.50. The van der Waals surface area contributed by atoms with E-state index in [1.165, 1.54) is 12.1 Å². The zero-order valence-electron chi connectivity index (χ0n) is 9.30. The van der Waals surface area contributed by atoms with Crippen LogP contribution in [-0.4, -0.2) is 8.42 Å². The molecule has 2 aromatic rings. The van der Waals surface area contributed by atoms with Crippen LogP contribution in [-0.2, 0) is 10.0 Å². The highest BCUT2D eigenvalue weighted by Crippen LogP contribution is 2.20. The van der Waals surface area contributed by atoms with Crippen LogP contribution in [0.3, 0.4) is 0 Å². The van der Waals surface area contributed by atoms with Crippen LogP contribution in [0.25, 0.3) is 0 Å². The Morgan fingerprint density at radius 2 is 1.33 bits per heavy atom. The maximum atomic E-state index is 11.1. The SMILES string of the molecule is NS(=O)(=O)c1ccc(Nc2ccc(Cl)cc2)cc1. The molecule has 0 fully saturated rings. The van der Waals surface area contributed by atoms with Gasteiger partial charge in [0, 0.05) is 16.4 Å². The quantitative estimate of drug-likeness (QED) is 0.909. The maximum Gasteiger partial charge on any atom is 0.238 e. The van der Waals surface area contributed by atoms with Gasteiger partial charge in [-0.1, -0.05) is 11.6 Å². The summed E-state index contributed by atoms with van der Waals surface area (Å²) < 4.78 is 22.2. The van der Waals surface area contributed by atoms with Gasteiger partial charge in [-0.2, -0.15) is 0 Å². The highest BCUT2D eigenvalue weighted by atomic mass is 35.5. The molecule has 0 bridgehead atoms. The van der Waals surface area contributed by atoms with Crippen LogP contribution in [0, 0.1) is 0 Å². The molecule has 0 aliphatic heterocycles. The Morgan fingerprint density at radius 3 is 1.78 bits per heavy atom. The lowest BCUT2D eigenvalue weighted by molar-refractivity contribution is 0.598. The van der Waals surface area contributed by atoms with Crippen molar-refractivity contribution in [1.82, 2.24) is 0 Å². The summed E-state index contributed by atoms with van der Waals surface area (Å²) in [6.45, 7) is 0. The van der Waals surface area contributed by atoms with Crippen molar-refractivity contribution in [1.29, 1.82) is 0 Å². The summed E-state index contributed by atoms with van der Waals surface area (Å²) in [6, 6.07) is 13.4. The molecular weight excluding hydrogens is 272 g/mol. The summed E-state index contributed by atoms with van der Waals surface area (Å²) in [5.74, 6) is 0. The average Bonchev–Trinajstić information content (AvgIpc) is 2.32. The highest BCUT2D eigenvalue weighted by molar-refractivity contribution is 7.89. The van der Waals surface area contributed by atoms with Gasteiger partial charge in [0.25, 0.3) is 0 Å². The molecule has 18 heavy (non-hydrogen) atoms. The number of primary sulfonamides is 1. The molecular formula is C12H11ClN2O2S. The Bertz CT molecular complexity index is 637. The van der Waals surface area contributed by atoms with Crippen LogP contribution >= 0.6 is 11.6 Å². The van der Waals surface area contributed by atoms with E-state index in [4.69, 9.17) is 16.7 Å². The first-order valence-corrected chi connectivity index (χ1v) is 7.03. The van der Waals surface area contributed by atoms with Crippen LogP contribution in [0.15, 0.2) is 53.4 Å². The molecule has 0 saturated heterocycles. The van der Waals surface area contributed by atoms with E-state index in [2.05, 4.69) is 5.32 Å². The summed E-state index contributed by atoms with van der Waals surface area (Å²) >= 11 is 5.78. The smallest absolute Gasteiger partial charge is 0.238 e. The predicted octanol–water partition coefficient (Wildman–Crippen LogP) is 2.73. The van der Waals surface area contributed by atoms with Crippen molar-refractivity contribution in [3.63, 3.8) is 0 Å². The number of nitrogens with two attached hydrogens (primary N) is 1. The van der Waals surface area contributed by atoms with Gasteiger partial charge in [-0.3, -0.25) is 0 Å². The number of hydrogen-bond donors (Lipinski definition) is 2. The number of sulfonamides is 1. The first-order chi connectivity index (χ1) is 8.45. The molecule has 6 heteroatoms. The van der Waals surface area contributed by atoms with Crippen LogP contribution < -0.4 is 10.5 Å². The summed E-state index contributed by atoms with van der Waals surface area (Å²) in [5.41, 5.74) is 1.63. The highest BCUT2D eigenvalue weighted by Gasteiger charge is 2.06. The lowest BCUT2D eigenvalue weighted by atomic mass is 10.3. The van der Waals surface area contributed by atoms with E-state index in [9.17, 15) is 8.42 Å². The zero-order chi connectivity index (χ0) is 13.2. The summed E-state index contributed by atoms with van der Waals surface area (Å²) in [5, 5.41) is 8.79. The van der Waals surface area contributed by atoms with Crippen molar-refractivity contribution in [3.8, 4) is 0 Å². The first-order valence-electron chi connectivity index (χ1n) is 5.10. The molecule has 0 radical (unpaired) electrons. The monoisotopic (exact) mass is 282 g/mol. The van der Waals surface area contributed by atoms with Crippen molar-refractivity contribution in [2.75, 3.05) is 5.32 Å². The van der Waals surface area contributed by atoms with Crippen LogP contribution in [0.4, 0.5) is 11.4 Å². The molecule has 0 heterocycles. The van der Waals surface area contributed by atoms with E-state index in [1.807, 2.05) is 12.1 Å². The minimum absolute atomic E-state index is 0.0872. The topological polar surface area (TPSA) is 72.2 Å². The minimum atomic E-state index is -3.64. The van der Waals surface area contributed by atoms with Crippen molar-refractivity contribution in [2.45, 2.75) is 4.90 Å². The molecule has 3 N–H and O–H groups in total. The summed E-state index contributed by atoms with van der Waals surface area (Å²) in [6.07, 6.45) is 0. The minimum Gasteiger partial charge on any atom is -0.356 e. The fraction of sp³-hybridized carbons (Fsp3) is 0. The van der Waals surface area contributed by atoms with Crippen LogP contribution in [0.2, 0.25) is 5.02 Å².